The van der Waals surface area contributed by atoms with E-state index < -0.39 is 17.2 Å². The molecule has 1 aromatic rings. The van der Waals surface area contributed by atoms with Crippen LogP contribution in [0.2, 0.25) is 0 Å². The maximum atomic E-state index is 11.9. The van der Waals surface area contributed by atoms with Crippen LogP contribution >= 0.6 is 0 Å². The minimum absolute atomic E-state index is 0.0964. The number of esters is 1. The maximum Gasteiger partial charge on any atom is 0.344 e. The lowest BCUT2D eigenvalue weighted by Crippen LogP contribution is -2.34. The lowest BCUT2D eigenvalue weighted by Gasteiger charge is -2.20. The molecule has 0 saturated carbocycles. The molecule has 0 aliphatic heterocycles. The highest BCUT2D eigenvalue weighted by molar-refractivity contribution is 5.78. The van der Waals surface area contributed by atoms with Crippen molar-refractivity contribution in [2.24, 2.45) is 0 Å². The third-order valence-electron chi connectivity index (χ3n) is 2.68. The minimum atomic E-state index is -0.584. The molecule has 0 fully saturated rings. The van der Waals surface area contributed by atoms with Gasteiger partial charge < -0.3 is 15.2 Å². The highest BCUT2D eigenvalue weighted by Gasteiger charge is 2.17. The summed E-state index contributed by atoms with van der Waals surface area (Å²) in [6.45, 7) is 10.6. The van der Waals surface area contributed by atoms with Gasteiger partial charge >= 0.3 is 5.97 Å². The average Bonchev–Trinajstić information content (AvgIpc) is 2.43. The zero-order valence-electron chi connectivity index (χ0n) is 15.8. The molecular formula is C18H28N2O5. The number of hydroxylamine groups is 1. The molecule has 25 heavy (non-hydrogen) atoms. The number of nitrogens with two attached hydrogens (primary N) is 1. The van der Waals surface area contributed by atoms with Gasteiger partial charge in [0.25, 0.3) is 0 Å². The van der Waals surface area contributed by atoms with E-state index in [9.17, 15) is 9.59 Å². The van der Waals surface area contributed by atoms with Crippen molar-refractivity contribution in [3.63, 3.8) is 0 Å². The Kier molecular flexibility index (Phi) is 6.81. The van der Waals surface area contributed by atoms with Crippen LogP contribution < -0.4 is 16.0 Å². The molecule has 7 nitrogen and oxygen atoms in total. The van der Waals surface area contributed by atoms with E-state index in [-0.39, 0.29) is 18.9 Å². The summed E-state index contributed by atoms with van der Waals surface area (Å²) >= 11 is 0. The number of rotatable bonds is 6. The van der Waals surface area contributed by atoms with E-state index in [1.165, 1.54) is 0 Å². The Morgan fingerprint density at radius 1 is 1.08 bits per heavy atom. The topological polar surface area (TPSA) is 99.9 Å². The summed E-state index contributed by atoms with van der Waals surface area (Å²) in [6.07, 6.45) is 0.0964. The summed E-state index contributed by atoms with van der Waals surface area (Å²) in [5.41, 5.74) is 8.24. The molecule has 7 heteroatoms. The van der Waals surface area contributed by atoms with E-state index in [0.717, 1.165) is 0 Å². The molecular weight excluding hydrogens is 324 g/mol. The van der Waals surface area contributed by atoms with Gasteiger partial charge in [-0.25, -0.2) is 10.3 Å². The summed E-state index contributed by atoms with van der Waals surface area (Å²) in [5.74, 6) is -0.459. The third-order valence-corrected chi connectivity index (χ3v) is 2.68. The Labute approximate surface area is 148 Å². The molecule has 140 valence electrons. The SMILES string of the molecule is CC(C)(C)ONC(=O)Cc1ccc(N)c(OCC(=O)OC(C)(C)C)c1. The van der Waals surface area contributed by atoms with Gasteiger partial charge in [0.15, 0.2) is 6.61 Å². The van der Waals surface area contributed by atoms with Gasteiger partial charge in [-0.05, 0) is 59.2 Å². The Balaban J connectivity index is 2.64. The van der Waals surface area contributed by atoms with Crippen LogP contribution in [0, 0.1) is 0 Å². The summed E-state index contributed by atoms with van der Waals surface area (Å²) in [5, 5.41) is 0. The van der Waals surface area contributed by atoms with Crippen LogP contribution in [0.15, 0.2) is 18.2 Å². The fourth-order valence-corrected chi connectivity index (χ4v) is 1.75. The molecule has 3 N–H and O–H groups in total. The first-order valence-electron chi connectivity index (χ1n) is 8.05. The minimum Gasteiger partial charge on any atom is -0.480 e. The first kappa shape index (κ1) is 20.8. The molecule has 1 amide bonds. The molecule has 0 bridgehead atoms. The number of hydrogen-bond acceptors (Lipinski definition) is 6. The predicted octanol–water partition coefficient (Wildman–Crippen LogP) is 2.38. The van der Waals surface area contributed by atoms with E-state index in [1.54, 1.807) is 39.0 Å². The normalized spacial score (nSPS) is 11.8. The van der Waals surface area contributed by atoms with Crippen molar-refractivity contribution in [2.45, 2.75) is 59.2 Å². The number of carbonyl (C=O) groups excluding carboxylic acids is 2. The second kappa shape index (κ2) is 8.20. The van der Waals surface area contributed by atoms with E-state index in [2.05, 4.69) is 5.48 Å². The van der Waals surface area contributed by atoms with E-state index >= 15 is 0 Å². The second-order valence-corrected chi connectivity index (χ2v) is 7.66. The molecule has 0 spiro atoms. The Morgan fingerprint density at radius 2 is 1.72 bits per heavy atom. The van der Waals surface area contributed by atoms with Gasteiger partial charge in [0.1, 0.15) is 11.4 Å². The number of amides is 1. The lowest BCUT2D eigenvalue weighted by molar-refractivity contribution is -0.157. The van der Waals surface area contributed by atoms with Crippen molar-refractivity contribution in [3.05, 3.63) is 23.8 Å². The molecule has 1 rings (SSSR count). The molecule has 0 atom stereocenters. The molecule has 0 aliphatic carbocycles. The summed E-state index contributed by atoms with van der Waals surface area (Å²) in [6, 6.07) is 4.96. The van der Waals surface area contributed by atoms with Crippen molar-refractivity contribution in [1.29, 1.82) is 0 Å². The molecule has 0 heterocycles. The van der Waals surface area contributed by atoms with Crippen molar-refractivity contribution in [2.75, 3.05) is 12.3 Å². The van der Waals surface area contributed by atoms with Crippen molar-refractivity contribution >= 4 is 17.6 Å². The first-order valence-corrected chi connectivity index (χ1v) is 8.05. The van der Waals surface area contributed by atoms with Crippen LogP contribution in [-0.2, 0) is 25.6 Å². The van der Waals surface area contributed by atoms with Crippen molar-refractivity contribution in [1.82, 2.24) is 5.48 Å². The Morgan fingerprint density at radius 3 is 2.28 bits per heavy atom. The zero-order valence-corrected chi connectivity index (χ0v) is 15.8. The highest BCUT2D eigenvalue weighted by atomic mass is 16.7. The smallest absolute Gasteiger partial charge is 0.344 e. The summed E-state index contributed by atoms with van der Waals surface area (Å²) in [4.78, 5) is 28.8. The quantitative estimate of drug-likeness (QED) is 0.463. The zero-order chi connectivity index (χ0) is 19.3. The van der Waals surface area contributed by atoms with Crippen LogP contribution in [0.1, 0.15) is 47.1 Å². The summed E-state index contributed by atoms with van der Waals surface area (Å²) in [7, 11) is 0. The molecule has 0 radical (unpaired) electrons. The third kappa shape index (κ3) is 8.95. The molecule has 0 aliphatic rings. The number of ether oxygens (including phenoxy) is 2. The van der Waals surface area contributed by atoms with Crippen LogP contribution in [0.5, 0.6) is 5.75 Å². The fraction of sp³-hybridized carbons (Fsp3) is 0.556. The first-order chi connectivity index (χ1) is 11.4. The number of hydrogen-bond donors (Lipinski definition) is 2. The van der Waals surface area contributed by atoms with Crippen LogP contribution in [0.25, 0.3) is 0 Å². The highest BCUT2D eigenvalue weighted by Crippen LogP contribution is 2.23. The monoisotopic (exact) mass is 352 g/mol. The number of anilines is 1. The maximum absolute atomic E-state index is 11.9. The standard InChI is InChI=1S/C18H28N2O5/c1-17(2,3)24-16(22)11-23-14-9-12(7-8-13(14)19)10-15(21)20-25-18(4,5)6/h7-9H,10-11,19H2,1-6H3,(H,20,21). The van der Waals surface area contributed by atoms with Gasteiger partial charge in [-0.2, -0.15) is 0 Å². The predicted molar refractivity (Wildman–Crippen MR) is 94.9 cm³/mol. The van der Waals surface area contributed by atoms with Gasteiger partial charge in [0.05, 0.1) is 17.7 Å². The molecule has 0 saturated heterocycles. The van der Waals surface area contributed by atoms with E-state index in [1.807, 2.05) is 20.8 Å². The largest absolute Gasteiger partial charge is 0.480 e. The van der Waals surface area contributed by atoms with Gasteiger partial charge in [-0.1, -0.05) is 6.07 Å². The number of nitrogens with one attached hydrogen (secondary N) is 1. The Bertz CT molecular complexity index is 615. The molecule has 1 aromatic carbocycles. The van der Waals surface area contributed by atoms with Gasteiger partial charge in [0, 0.05) is 0 Å². The number of benzene rings is 1. The molecule has 0 unspecified atom stereocenters. The van der Waals surface area contributed by atoms with Crippen molar-refractivity contribution < 1.29 is 23.9 Å². The van der Waals surface area contributed by atoms with E-state index in [0.29, 0.717) is 17.0 Å². The van der Waals surface area contributed by atoms with Gasteiger partial charge in [-0.3, -0.25) is 9.63 Å². The second-order valence-electron chi connectivity index (χ2n) is 7.66. The van der Waals surface area contributed by atoms with E-state index in [4.69, 9.17) is 20.0 Å². The van der Waals surface area contributed by atoms with Crippen molar-refractivity contribution in [3.8, 4) is 5.75 Å². The average molecular weight is 352 g/mol. The lowest BCUT2D eigenvalue weighted by atomic mass is 10.1. The molecule has 0 aromatic heterocycles. The van der Waals surface area contributed by atoms with Gasteiger partial charge in [-0.15, -0.1) is 0 Å². The Hall–Kier alpha value is -2.28. The number of nitrogen functional groups attached to an aromatic ring is 1. The van der Waals surface area contributed by atoms with Crippen LogP contribution in [0.4, 0.5) is 5.69 Å². The van der Waals surface area contributed by atoms with Crippen LogP contribution in [0.3, 0.4) is 0 Å². The number of carbonyl (C=O) groups is 2. The fourth-order valence-electron chi connectivity index (χ4n) is 1.75. The van der Waals surface area contributed by atoms with Gasteiger partial charge in [0.2, 0.25) is 5.91 Å². The summed E-state index contributed by atoms with van der Waals surface area (Å²) < 4.78 is 10.6. The van der Waals surface area contributed by atoms with Crippen LogP contribution in [-0.4, -0.2) is 29.7 Å².